The highest BCUT2D eigenvalue weighted by Crippen LogP contribution is 2.17. The van der Waals surface area contributed by atoms with Gasteiger partial charge in [0, 0.05) is 18.5 Å². The maximum atomic E-state index is 8.73. The summed E-state index contributed by atoms with van der Waals surface area (Å²) in [5.74, 6) is 0.933. The van der Waals surface area contributed by atoms with Gasteiger partial charge in [-0.25, -0.2) is 0 Å². The molecule has 0 aliphatic carbocycles. The summed E-state index contributed by atoms with van der Waals surface area (Å²) in [6, 6.07) is 11.7. The smallest absolute Gasteiger partial charge is 0.150 e. The minimum atomic E-state index is -0.0579. The molecule has 0 saturated carbocycles. The summed E-state index contributed by atoms with van der Waals surface area (Å²) in [6.07, 6.45) is 0.410. The highest BCUT2D eigenvalue weighted by atomic mass is 16.5. The van der Waals surface area contributed by atoms with Crippen LogP contribution in [-0.2, 0) is 6.54 Å². The number of nitrogens with two attached hydrogens (primary N) is 1. The fourth-order valence-electron chi connectivity index (χ4n) is 1.97. The maximum Gasteiger partial charge on any atom is 0.150 e. The van der Waals surface area contributed by atoms with Gasteiger partial charge < -0.3 is 20.8 Å². The molecule has 2 rings (SSSR count). The molecule has 6 heteroatoms. The SMILES string of the molecule is Cc1cc(CNC(CC(N)=NO)c2ccccc2)on1. The monoisotopic (exact) mass is 274 g/mol. The molecular weight excluding hydrogens is 256 g/mol. The van der Waals surface area contributed by atoms with Gasteiger partial charge in [-0.15, -0.1) is 0 Å². The Morgan fingerprint density at radius 2 is 2.20 bits per heavy atom. The molecule has 0 bridgehead atoms. The van der Waals surface area contributed by atoms with Crippen molar-refractivity contribution in [3.63, 3.8) is 0 Å². The fourth-order valence-corrected chi connectivity index (χ4v) is 1.97. The van der Waals surface area contributed by atoms with Crippen molar-refractivity contribution >= 4 is 5.84 Å². The Morgan fingerprint density at radius 3 is 2.80 bits per heavy atom. The van der Waals surface area contributed by atoms with Gasteiger partial charge in [0.25, 0.3) is 0 Å². The summed E-state index contributed by atoms with van der Waals surface area (Å²) in [4.78, 5) is 0. The lowest BCUT2D eigenvalue weighted by molar-refractivity contribution is 0.315. The molecule has 0 saturated heterocycles. The number of hydrogen-bond donors (Lipinski definition) is 3. The van der Waals surface area contributed by atoms with E-state index in [2.05, 4.69) is 15.6 Å². The van der Waals surface area contributed by atoms with Crippen LogP contribution in [0.5, 0.6) is 0 Å². The molecular formula is C14H18N4O2. The van der Waals surface area contributed by atoms with Crippen LogP contribution in [-0.4, -0.2) is 16.2 Å². The van der Waals surface area contributed by atoms with Gasteiger partial charge in [0.15, 0.2) is 5.76 Å². The third-order valence-corrected chi connectivity index (χ3v) is 2.94. The van der Waals surface area contributed by atoms with E-state index in [4.69, 9.17) is 15.5 Å². The Morgan fingerprint density at radius 1 is 1.45 bits per heavy atom. The second kappa shape index (κ2) is 6.72. The molecule has 0 radical (unpaired) electrons. The highest BCUT2D eigenvalue weighted by molar-refractivity contribution is 5.80. The molecule has 106 valence electrons. The molecule has 0 aliphatic heterocycles. The molecule has 0 amide bonds. The quantitative estimate of drug-likeness (QED) is 0.324. The number of oxime groups is 1. The first-order valence-corrected chi connectivity index (χ1v) is 6.36. The second-order valence-electron chi connectivity index (χ2n) is 4.57. The number of benzene rings is 1. The van der Waals surface area contributed by atoms with Crippen molar-refractivity contribution in [3.05, 3.63) is 53.4 Å². The molecule has 2 aromatic rings. The molecule has 1 aromatic heterocycles. The molecule has 20 heavy (non-hydrogen) atoms. The number of aromatic nitrogens is 1. The van der Waals surface area contributed by atoms with Crippen LogP contribution in [0, 0.1) is 6.92 Å². The predicted octanol–water partition coefficient (Wildman–Crippen LogP) is 1.95. The van der Waals surface area contributed by atoms with Gasteiger partial charge in [-0.3, -0.25) is 0 Å². The highest BCUT2D eigenvalue weighted by Gasteiger charge is 2.14. The van der Waals surface area contributed by atoms with Crippen molar-refractivity contribution in [2.45, 2.75) is 25.9 Å². The van der Waals surface area contributed by atoms with Crippen molar-refractivity contribution < 1.29 is 9.73 Å². The Labute approximate surface area is 117 Å². The normalized spacial score (nSPS) is 13.3. The van der Waals surface area contributed by atoms with E-state index < -0.39 is 0 Å². The van der Waals surface area contributed by atoms with Crippen LogP contribution in [0.15, 0.2) is 46.1 Å². The van der Waals surface area contributed by atoms with E-state index in [1.807, 2.05) is 43.3 Å². The van der Waals surface area contributed by atoms with Crippen molar-refractivity contribution in [1.82, 2.24) is 10.5 Å². The molecule has 0 fully saturated rings. The van der Waals surface area contributed by atoms with Gasteiger partial charge in [0.1, 0.15) is 5.84 Å². The third kappa shape index (κ3) is 3.83. The van der Waals surface area contributed by atoms with Gasteiger partial charge in [0.05, 0.1) is 12.2 Å². The molecule has 0 aliphatic rings. The van der Waals surface area contributed by atoms with Crippen LogP contribution in [0.3, 0.4) is 0 Å². The molecule has 1 aromatic carbocycles. The number of rotatable bonds is 6. The molecule has 1 heterocycles. The lowest BCUT2D eigenvalue weighted by Crippen LogP contribution is -2.26. The number of hydrogen-bond acceptors (Lipinski definition) is 5. The van der Waals surface area contributed by atoms with E-state index in [-0.39, 0.29) is 11.9 Å². The molecule has 1 atom stereocenters. The number of aryl methyl sites for hydroxylation is 1. The summed E-state index contributed by atoms with van der Waals surface area (Å²) in [5.41, 5.74) is 7.52. The van der Waals surface area contributed by atoms with Crippen LogP contribution in [0.25, 0.3) is 0 Å². The fraction of sp³-hybridized carbons (Fsp3) is 0.286. The van der Waals surface area contributed by atoms with Gasteiger partial charge in [-0.1, -0.05) is 40.6 Å². The first-order chi connectivity index (χ1) is 9.69. The summed E-state index contributed by atoms with van der Waals surface area (Å²) in [7, 11) is 0. The first-order valence-electron chi connectivity index (χ1n) is 6.36. The van der Waals surface area contributed by atoms with Gasteiger partial charge in [-0.05, 0) is 12.5 Å². The standard InChI is InChI=1S/C14H18N4O2/c1-10-7-12(20-18-10)9-16-13(8-14(15)17-19)11-5-3-2-4-6-11/h2-7,13,16,19H,8-9H2,1H3,(H2,15,17). The lowest BCUT2D eigenvalue weighted by atomic mass is 10.0. The lowest BCUT2D eigenvalue weighted by Gasteiger charge is -2.17. The summed E-state index contributed by atoms with van der Waals surface area (Å²) in [6.45, 7) is 2.40. The number of nitrogens with zero attached hydrogens (tertiary/aromatic N) is 2. The van der Waals surface area contributed by atoms with E-state index in [1.165, 1.54) is 0 Å². The van der Waals surface area contributed by atoms with E-state index in [0.717, 1.165) is 17.0 Å². The van der Waals surface area contributed by atoms with E-state index in [9.17, 15) is 0 Å². The van der Waals surface area contributed by atoms with E-state index in [1.54, 1.807) is 0 Å². The van der Waals surface area contributed by atoms with Crippen molar-refractivity contribution in [2.24, 2.45) is 10.9 Å². The Balaban J connectivity index is 2.06. The average molecular weight is 274 g/mol. The zero-order valence-electron chi connectivity index (χ0n) is 11.3. The van der Waals surface area contributed by atoms with Crippen molar-refractivity contribution in [3.8, 4) is 0 Å². The molecule has 6 nitrogen and oxygen atoms in total. The maximum absolute atomic E-state index is 8.73. The molecule has 1 unspecified atom stereocenters. The summed E-state index contributed by atoms with van der Waals surface area (Å²) < 4.78 is 5.16. The van der Waals surface area contributed by atoms with Crippen LogP contribution in [0.2, 0.25) is 0 Å². The predicted molar refractivity (Wildman–Crippen MR) is 75.3 cm³/mol. The van der Waals surface area contributed by atoms with Crippen LogP contribution in [0.1, 0.15) is 29.5 Å². The average Bonchev–Trinajstić information content (AvgIpc) is 2.89. The summed E-state index contributed by atoms with van der Waals surface area (Å²) in [5, 5.41) is 18.9. The topological polar surface area (TPSA) is 96.7 Å². The van der Waals surface area contributed by atoms with Crippen molar-refractivity contribution in [2.75, 3.05) is 0 Å². The van der Waals surface area contributed by atoms with Gasteiger partial charge >= 0.3 is 0 Å². The third-order valence-electron chi connectivity index (χ3n) is 2.94. The Hall–Kier alpha value is -2.34. The minimum Gasteiger partial charge on any atom is -0.409 e. The van der Waals surface area contributed by atoms with Crippen LogP contribution < -0.4 is 11.1 Å². The van der Waals surface area contributed by atoms with E-state index >= 15 is 0 Å². The Kier molecular flexibility index (Phi) is 4.73. The minimum absolute atomic E-state index is 0.0579. The molecule has 0 spiro atoms. The largest absolute Gasteiger partial charge is 0.409 e. The summed E-state index contributed by atoms with van der Waals surface area (Å²) >= 11 is 0. The second-order valence-corrected chi connectivity index (χ2v) is 4.57. The molecule has 4 N–H and O–H groups in total. The zero-order chi connectivity index (χ0) is 14.4. The zero-order valence-corrected chi connectivity index (χ0v) is 11.3. The first kappa shape index (κ1) is 14.1. The van der Waals surface area contributed by atoms with Crippen molar-refractivity contribution in [1.29, 1.82) is 0 Å². The number of nitrogens with one attached hydrogen (secondary N) is 1. The van der Waals surface area contributed by atoms with Crippen LogP contribution >= 0.6 is 0 Å². The van der Waals surface area contributed by atoms with Crippen LogP contribution in [0.4, 0.5) is 0 Å². The van der Waals surface area contributed by atoms with Gasteiger partial charge in [0.2, 0.25) is 0 Å². The Bertz CT molecular complexity index is 566. The van der Waals surface area contributed by atoms with E-state index in [0.29, 0.717) is 13.0 Å². The number of amidine groups is 1. The van der Waals surface area contributed by atoms with Gasteiger partial charge in [-0.2, -0.15) is 0 Å².